The zero-order valence-electron chi connectivity index (χ0n) is 10.8. The van der Waals surface area contributed by atoms with Crippen molar-refractivity contribution in [2.75, 3.05) is 7.11 Å². The molecule has 0 saturated heterocycles. The summed E-state index contributed by atoms with van der Waals surface area (Å²) in [7, 11) is 1.57. The molecule has 0 fully saturated rings. The van der Waals surface area contributed by atoms with E-state index in [0.29, 0.717) is 21.8 Å². The number of ether oxygens (including phenoxy) is 1. The van der Waals surface area contributed by atoms with Crippen LogP contribution in [0, 0.1) is 0 Å². The molecule has 3 rings (SSSR count). The number of hydrogen-bond acceptors (Lipinski definition) is 3. The van der Waals surface area contributed by atoms with Gasteiger partial charge in [0.1, 0.15) is 5.75 Å². The molecule has 0 amide bonds. The van der Waals surface area contributed by atoms with Crippen LogP contribution in [0.4, 0.5) is 0 Å². The number of phenols is 1. The van der Waals surface area contributed by atoms with Gasteiger partial charge in [-0.3, -0.25) is 0 Å². The van der Waals surface area contributed by atoms with Crippen LogP contribution in [0.3, 0.4) is 0 Å². The van der Waals surface area contributed by atoms with E-state index in [4.69, 9.17) is 16.3 Å². The Balaban J connectivity index is 2.38. The first-order valence-electron chi connectivity index (χ1n) is 6.12. The highest BCUT2D eigenvalue weighted by atomic mass is 35.5. The third-order valence-electron chi connectivity index (χ3n) is 3.13. The quantitative estimate of drug-likeness (QED) is 0.764. The zero-order chi connectivity index (χ0) is 14.1. The highest BCUT2D eigenvalue weighted by Crippen LogP contribution is 2.40. The molecule has 1 aromatic heterocycles. The van der Waals surface area contributed by atoms with Gasteiger partial charge < -0.3 is 9.84 Å². The van der Waals surface area contributed by atoms with Crippen LogP contribution in [-0.2, 0) is 0 Å². The van der Waals surface area contributed by atoms with Gasteiger partial charge in [-0.25, -0.2) is 4.98 Å². The lowest BCUT2D eigenvalue weighted by atomic mass is 10.0. The fourth-order valence-electron chi connectivity index (χ4n) is 2.19. The van der Waals surface area contributed by atoms with Crippen LogP contribution in [0.25, 0.3) is 22.0 Å². The van der Waals surface area contributed by atoms with Crippen molar-refractivity contribution in [3.05, 3.63) is 53.6 Å². The summed E-state index contributed by atoms with van der Waals surface area (Å²) >= 11 is 6.50. The molecule has 20 heavy (non-hydrogen) atoms. The van der Waals surface area contributed by atoms with Crippen LogP contribution in [0.5, 0.6) is 11.6 Å². The van der Waals surface area contributed by atoms with Crippen molar-refractivity contribution in [3.63, 3.8) is 0 Å². The lowest BCUT2D eigenvalue weighted by Crippen LogP contribution is -1.94. The summed E-state index contributed by atoms with van der Waals surface area (Å²) in [4.78, 5) is 4.45. The maximum atomic E-state index is 9.62. The van der Waals surface area contributed by atoms with Gasteiger partial charge in [0.05, 0.1) is 23.2 Å². The number of rotatable bonds is 2. The Morgan fingerprint density at radius 2 is 1.85 bits per heavy atom. The van der Waals surface area contributed by atoms with Crippen molar-refractivity contribution in [1.29, 1.82) is 0 Å². The normalized spacial score (nSPS) is 10.7. The predicted octanol–water partition coefficient (Wildman–Crippen LogP) is 4.27. The van der Waals surface area contributed by atoms with Crippen LogP contribution >= 0.6 is 11.6 Å². The van der Waals surface area contributed by atoms with Crippen LogP contribution in [-0.4, -0.2) is 17.2 Å². The van der Waals surface area contributed by atoms with E-state index in [0.717, 1.165) is 11.1 Å². The van der Waals surface area contributed by atoms with Gasteiger partial charge >= 0.3 is 0 Å². The Morgan fingerprint density at radius 1 is 1.10 bits per heavy atom. The van der Waals surface area contributed by atoms with Gasteiger partial charge in [-0.05, 0) is 23.8 Å². The molecule has 3 aromatic rings. The summed E-state index contributed by atoms with van der Waals surface area (Å²) in [5.74, 6) is 0.629. The summed E-state index contributed by atoms with van der Waals surface area (Å²) in [6, 6.07) is 14.6. The van der Waals surface area contributed by atoms with Crippen LogP contribution in [0.2, 0.25) is 5.02 Å². The molecule has 0 bridgehead atoms. The Hall–Kier alpha value is -2.26. The molecule has 0 atom stereocenters. The minimum Gasteiger partial charge on any atom is -0.508 e. The molecule has 100 valence electrons. The van der Waals surface area contributed by atoms with Gasteiger partial charge in [0, 0.05) is 5.39 Å². The molecule has 0 radical (unpaired) electrons. The summed E-state index contributed by atoms with van der Waals surface area (Å²) in [6.45, 7) is 0. The van der Waals surface area contributed by atoms with Crippen LogP contribution < -0.4 is 4.74 Å². The number of methoxy groups -OCH3 is 1. The molecule has 1 heterocycles. The fraction of sp³-hybridized carbons (Fsp3) is 0.0625. The number of nitrogens with zero attached hydrogens (tertiary/aromatic N) is 1. The van der Waals surface area contributed by atoms with E-state index in [9.17, 15) is 5.11 Å². The molecule has 1 N–H and O–H groups in total. The summed E-state index contributed by atoms with van der Waals surface area (Å²) in [5, 5.41) is 10.8. The highest BCUT2D eigenvalue weighted by molar-refractivity contribution is 6.38. The second-order valence-electron chi connectivity index (χ2n) is 4.38. The minimum absolute atomic E-state index is 0.158. The topological polar surface area (TPSA) is 42.4 Å². The molecule has 0 spiro atoms. The number of pyridine rings is 1. The molecule has 3 nitrogen and oxygen atoms in total. The molecule has 0 saturated carbocycles. The molecule has 0 unspecified atom stereocenters. The van der Waals surface area contributed by atoms with Gasteiger partial charge in [0.2, 0.25) is 5.88 Å². The number of hydrogen-bond donors (Lipinski definition) is 1. The van der Waals surface area contributed by atoms with Gasteiger partial charge in [-0.1, -0.05) is 41.9 Å². The summed E-state index contributed by atoms with van der Waals surface area (Å²) < 4.78 is 5.36. The van der Waals surface area contributed by atoms with Gasteiger partial charge in [0.25, 0.3) is 0 Å². The number of phenolic OH excluding ortho intramolecular Hbond substituents is 1. The molecule has 0 aliphatic carbocycles. The number of aromatic nitrogens is 1. The molecule has 2 aromatic carbocycles. The fourth-order valence-corrected chi connectivity index (χ4v) is 2.54. The van der Waals surface area contributed by atoms with E-state index in [2.05, 4.69) is 4.98 Å². The van der Waals surface area contributed by atoms with E-state index >= 15 is 0 Å². The Labute approximate surface area is 121 Å². The first-order valence-corrected chi connectivity index (χ1v) is 6.50. The van der Waals surface area contributed by atoms with Crippen molar-refractivity contribution < 1.29 is 9.84 Å². The number of aromatic hydroxyl groups is 1. The van der Waals surface area contributed by atoms with Gasteiger partial charge in [-0.15, -0.1) is 0 Å². The third kappa shape index (κ3) is 2.06. The zero-order valence-corrected chi connectivity index (χ0v) is 11.6. The van der Waals surface area contributed by atoms with Crippen molar-refractivity contribution in [1.82, 2.24) is 4.98 Å². The van der Waals surface area contributed by atoms with Crippen molar-refractivity contribution >= 4 is 22.5 Å². The Bertz CT molecular complexity index is 772. The van der Waals surface area contributed by atoms with Crippen molar-refractivity contribution in [2.24, 2.45) is 0 Å². The number of fused-ring (bicyclic) bond motifs is 1. The minimum atomic E-state index is 0.158. The summed E-state index contributed by atoms with van der Waals surface area (Å²) in [6.07, 6.45) is 0. The van der Waals surface area contributed by atoms with E-state index in [1.165, 1.54) is 0 Å². The summed E-state index contributed by atoms with van der Waals surface area (Å²) in [5.41, 5.74) is 2.34. The molecule has 4 heteroatoms. The standard InChI is InChI=1S/C16H12ClNO2/c1-20-16-14(10-5-3-2-4-6-10)15(17)12-9-11(19)7-8-13(12)18-16/h2-9,19H,1H3. The molecular formula is C16H12ClNO2. The van der Waals surface area contributed by atoms with Gasteiger partial charge in [-0.2, -0.15) is 0 Å². The molecule has 0 aliphatic heterocycles. The lowest BCUT2D eigenvalue weighted by Gasteiger charge is -2.12. The average molecular weight is 286 g/mol. The Morgan fingerprint density at radius 3 is 2.55 bits per heavy atom. The highest BCUT2D eigenvalue weighted by Gasteiger charge is 2.16. The van der Waals surface area contributed by atoms with Crippen molar-refractivity contribution in [2.45, 2.75) is 0 Å². The largest absolute Gasteiger partial charge is 0.508 e. The molecule has 0 aliphatic rings. The SMILES string of the molecule is COc1nc2ccc(O)cc2c(Cl)c1-c1ccccc1. The van der Waals surface area contributed by atoms with E-state index in [1.807, 2.05) is 30.3 Å². The average Bonchev–Trinajstić information content (AvgIpc) is 2.48. The monoisotopic (exact) mass is 285 g/mol. The smallest absolute Gasteiger partial charge is 0.223 e. The predicted molar refractivity (Wildman–Crippen MR) is 80.4 cm³/mol. The van der Waals surface area contributed by atoms with E-state index in [1.54, 1.807) is 25.3 Å². The first kappa shape index (κ1) is 12.8. The maximum Gasteiger partial charge on any atom is 0.223 e. The third-order valence-corrected chi connectivity index (χ3v) is 3.52. The van der Waals surface area contributed by atoms with Gasteiger partial charge in [0.15, 0.2) is 0 Å². The first-order chi connectivity index (χ1) is 9.70. The van der Waals surface area contributed by atoms with E-state index < -0.39 is 0 Å². The number of halogens is 1. The van der Waals surface area contributed by atoms with Crippen LogP contribution in [0.1, 0.15) is 0 Å². The van der Waals surface area contributed by atoms with Crippen LogP contribution in [0.15, 0.2) is 48.5 Å². The maximum absolute atomic E-state index is 9.62. The molecular weight excluding hydrogens is 274 g/mol. The lowest BCUT2D eigenvalue weighted by molar-refractivity contribution is 0.401. The second-order valence-corrected chi connectivity index (χ2v) is 4.76. The number of benzene rings is 2. The van der Waals surface area contributed by atoms with Crippen molar-refractivity contribution in [3.8, 4) is 22.8 Å². The second kappa shape index (κ2) is 5.02. The van der Waals surface area contributed by atoms with E-state index in [-0.39, 0.29) is 5.75 Å². The Kier molecular flexibility index (Phi) is 3.20.